The maximum Gasteiger partial charge on any atom is 0.158 e. The molecule has 0 radical (unpaired) electrons. The highest BCUT2D eigenvalue weighted by atomic mass is 35.5. The molecule has 106 valence electrons. The summed E-state index contributed by atoms with van der Waals surface area (Å²) in [6, 6.07) is 2.79. The zero-order valence-corrected chi connectivity index (χ0v) is 12.8. The average Bonchev–Trinajstić information content (AvgIpc) is 3.14. The minimum Gasteiger partial charge on any atom is -0.310 e. The number of hydrogen-bond acceptors (Lipinski definition) is 3. The van der Waals surface area contributed by atoms with Gasteiger partial charge < -0.3 is 5.32 Å². The number of aromatic nitrogens is 3. The van der Waals surface area contributed by atoms with E-state index in [2.05, 4.69) is 28.4 Å². The van der Waals surface area contributed by atoms with Crippen LogP contribution < -0.4 is 5.32 Å². The van der Waals surface area contributed by atoms with E-state index in [4.69, 9.17) is 11.6 Å². The monoisotopic (exact) mass is 290 g/mol. The van der Waals surface area contributed by atoms with Crippen LogP contribution in [-0.4, -0.2) is 20.8 Å². The smallest absolute Gasteiger partial charge is 0.158 e. The summed E-state index contributed by atoms with van der Waals surface area (Å²) in [7, 11) is 0. The van der Waals surface area contributed by atoms with E-state index in [1.807, 2.05) is 20.0 Å². The largest absolute Gasteiger partial charge is 0.310 e. The van der Waals surface area contributed by atoms with Crippen LogP contribution in [0.3, 0.4) is 0 Å². The number of hydrogen-bond donors (Lipinski definition) is 1. The van der Waals surface area contributed by atoms with Crippen molar-refractivity contribution in [2.45, 2.75) is 46.2 Å². The van der Waals surface area contributed by atoms with E-state index in [0.29, 0.717) is 11.1 Å². The Balaban J connectivity index is 2.01. The first kappa shape index (κ1) is 13.6. The van der Waals surface area contributed by atoms with Crippen LogP contribution in [-0.2, 0) is 6.54 Å². The van der Waals surface area contributed by atoms with Gasteiger partial charge in [-0.1, -0.05) is 11.6 Å². The van der Waals surface area contributed by atoms with Gasteiger partial charge in [0.15, 0.2) is 5.82 Å². The van der Waals surface area contributed by atoms with Crippen LogP contribution in [0, 0.1) is 20.8 Å². The molecule has 1 saturated carbocycles. The van der Waals surface area contributed by atoms with E-state index in [0.717, 1.165) is 23.8 Å². The van der Waals surface area contributed by atoms with Gasteiger partial charge in [0.1, 0.15) is 0 Å². The van der Waals surface area contributed by atoms with Gasteiger partial charge in [0.2, 0.25) is 0 Å². The highest BCUT2D eigenvalue weighted by Crippen LogP contribution is 2.23. The third-order valence-electron chi connectivity index (χ3n) is 3.65. The quantitative estimate of drug-likeness (QED) is 0.941. The zero-order chi connectivity index (χ0) is 14.3. The Morgan fingerprint density at radius 2 is 2.10 bits per heavy atom. The number of pyridine rings is 1. The first-order valence-electron chi connectivity index (χ1n) is 6.97. The van der Waals surface area contributed by atoms with Crippen molar-refractivity contribution >= 4 is 11.6 Å². The maximum absolute atomic E-state index is 6.12. The summed E-state index contributed by atoms with van der Waals surface area (Å²) >= 11 is 6.12. The lowest BCUT2D eigenvalue weighted by molar-refractivity contribution is 0.672. The first-order valence-corrected chi connectivity index (χ1v) is 7.35. The molecule has 0 unspecified atom stereocenters. The summed E-state index contributed by atoms with van der Waals surface area (Å²) in [6.07, 6.45) is 4.39. The topological polar surface area (TPSA) is 42.7 Å². The molecule has 0 aliphatic heterocycles. The van der Waals surface area contributed by atoms with Crippen LogP contribution >= 0.6 is 11.6 Å². The van der Waals surface area contributed by atoms with Crippen molar-refractivity contribution in [3.63, 3.8) is 0 Å². The van der Waals surface area contributed by atoms with Gasteiger partial charge in [-0.05, 0) is 45.2 Å². The van der Waals surface area contributed by atoms with Crippen LogP contribution in [0.25, 0.3) is 5.82 Å². The maximum atomic E-state index is 6.12. The van der Waals surface area contributed by atoms with E-state index in [1.54, 1.807) is 4.68 Å². The van der Waals surface area contributed by atoms with Crippen molar-refractivity contribution in [1.29, 1.82) is 0 Å². The molecule has 1 fully saturated rings. The van der Waals surface area contributed by atoms with E-state index >= 15 is 0 Å². The fourth-order valence-electron chi connectivity index (χ4n) is 2.33. The average molecular weight is 291 g/mol. The van der Waals surface area contributed by atoms with Gasteiger partial charge in [-0.15, -0.1) is 0 Å². The molecule has 20 heavy (non-hydrogen) atoms. The predicted molar refractivity (Wildman–Crippen MR) is 80.4 cm³/mol. The highest BCUT2D eigenvalue weighted by molar-refractivity contribution is 6.31. The van der Waals surface area contributed by atoms with E-state index in [1.165, 1.54) is 24.0 Å². The summed E-state index contributed by atoms with van der Waals surface area (Å²) in [5.41, 5.74) is 4.26. The summed E-state index contributed by atoms with van der Waals surface area (Å²) in [5, 5.41) is 8.68. The Morgan fingerprint density at radius 3 is 2.70 bits per heavy atom. The van der Waals surface area contributed by atoms with Crippen LogP contribution in [0.2, 0.25) is 5.02 Å². The Labute approximate surface area is 124 Å². The van der Waals surface area contributed by atoms with Crippen LogP contribution in [0.4, 0.5) is 0 Å². The number of nitrogens with one attached hydrogen (secondary N) is 1. The molecule has 0 saturated heterocycles. The summed E-state index contributed by atoms with van der Waals surface area (Å²) in [6.45, 7) is 6.87. The molecule has 1 N–H and O–H groups in total. The van der Waals surface area contributed by atoms with Gasteiger partial charge in [0, 0.05) is 23.8 Å². The van der Waals surface area contributed by atoms with Crippen LogP contribution in [0.1, 0.15) is 35.4 Å². The van der Waals surface area contributed by atoms with Gasteiger partial charge in [-0.2, -0.15) is 5.10 Å². The summed E-state index contributed by atoms with van der Waals surface area (Å²) < 4.78 is 1.79. The molecule has 1 aliphatic rings. The Hall–Kier alpha value is -1.39. The molecule has 0 bridgehead atoms. The summed E-state index contributed by atoms with van der Waals surface area (Å²) in [5.74, 6) is 0.880. The first-order chi connectivity index (χ1) is 9.54. The third kappa shape index (κ3) is 2.72. The number of rotatable bonds is 4. The molecule has 2 heterocycles. The normalized spacial score (nSPS) is 14.8. The number of nitrogens with zero attached hydrogens (tertiary/aromatic N) is 3. The molecule has 3 rings (SSSR count). The van der Waals surface area contributed by atoms with Crippen molar-refractivity contribution in [3.05, 3.63) is 39.8 Å². The van der Waals surface area contributed by atoms with Crippen molar-refractivity contribution in [2.75, 3.05) is 0 Å². The fourth-order valence-corrected chi connectivity index (χ4v) is 2.46. The Bertz CT molecular complexity index is 624. The molecule has 2 aromatic rings. The van der Waals surface area contributed by atoms with Gasteiger partial charge in [-0.3, -0.25) is 0 Å². The highest BCUT2D eigenvalue weighted by Gasteiger charge is 2.22. The second kappa shape index (κ2) is 5.19. The minimum absolute atomic E-state index is 0.673. The lowest BCUT2D eigenvalue weighted by Gasteiger charge is -2.13. The fraction of sp³-hybridized carbons (Fsp3) is 0.467. The molecular formula is C15H19ClN4. The van der Waals surface area contributed by atoms with Gasteiger partial charge in [0.25, 0.3) is 0 Å². The van der Waals surface area contributed by atoms with Crippen molar-refractivity contribution < 1.29 is 0 Å². The molecule has 4 nitrogen and oxygen atoms in total. The summed E-state index contributed by atoms with van der Waals surface area (Å²) in [4.78, 5) is 4.66. The molecule has 0 aromatic carbocycles. The molecule has 0 spiro atoms. The molecule has 0 amide bonds. The zero-order valence-electron chi connectivity index (χ0n) is 12.1. The van der Waals surface area contributed by atoms with E-state index in [9.17, 15) is 0 Å². The van der Waals surface area contributed by atoms with Crippen molar-refractivity contribution in [3.8, 4) is 5.82 Å². The molecule has 1 aliphatic carbocycles. The number of aryl methyl sites for hydroxylation is 3. The Kier molecular flexibility index (Phi) is 3.52. The molecule has 0 atom stereocenters. The van der Waals surface area contributed by atoms with Crippen molar-refractivity contribution in [1.82, 2.24) is 20.1 Å². The minimum atomic E-state index is 0.673. The molecule has 2 aromatic heterocycles. The lowest BCUT2D eigenvalue weighted by Crippen LogP contribution is -2.19. The third-order valence-corrected chi connectivity index (χ3v) is 4.03. The van der Waals surface area contributed by atoms with Gasteiger partial charge >= 0.3 is 0 Å². The van der Waals surface area contributed by atoms with Crippen LogP contribution in [0.5, 0.6) is 0 Å². The number of halogens is 1. The standard InChI is InChI=1S/C15H19ClN4/c1-9-6-10(2)18-15(13(9)7-17-12-4-5-12)20-8-14(16)11(3)19-20/h6,8,12,17H,4-5,7H2,1-3H3. The van der Waals surface area contributed by atoms with Crippen molar-refractivity contribution in [2.24, 2.45) is 0 Å². The predicted octanol–water partition coefficient (Wildman–Crippen LogP) is 3.10. The lowest BCUT2D eigenvalue weighted by atomic mass is 10.1. The second-order valence-corrected chi connectivity index (χ2v) is 5.95. The molecular weight excluding hydrogens is 272 g/mol. The van der Waals surface area contributed by atoms with Crippen LogP contribution in [0.15, 0.2) is 12.3 Å². The van der Waals surface area contributed by atoms with Gasteiger partial charge in [-0.25, -0.2) is 9.67 Å². The van der Waals surface area contributed by atoms with E-state index < -0.39 is 0 Å². The molecule has 5 heteroatoms. The Morgan fingerprint density at radius 1 is 1.35 bits per heavy atom. The van der Waals surface area contributed by atoms with E-state index in [-0.39, 0.29) is 0 Å². The SMILES string of the molecule is Cc1cc(C)c(CNC2CC2)c(-n2cc(Cl)c(C)n2)n1. The van der Waals surface area contributed by atoms with Gasteiger partial charge in [0.05, 0.1) is 16.9 Å². The second-order valence-electron chi connectivity index (χ2n) is 5.54.